The minimum atomic E-state index is -3.40. The molecule has 0 radical (unpaired) electrons. The van der Waals surface area contributed by atoms with Gasteiger partial charge in [-0.25, -0.2) is 18.4 Å². The van der Waals surface area contributed by atoms with E-state index in [1.54, 1.807) is 24.3 Å². The summed E-state index contributed by atoms with van der Waals surface area (Å²) in [6.45, 7) is 0.334. The van der Waals surface area contributed by atoms with Crippen LogP contribution in [0.5, 0.6) is 11.5 Å². The number of nitrogens with zero attached hydrogens (tertiary/aromatic N) is 3. The molecule has 1 aliphatic rings. The van der Waals surface area contributed by atoms with Crippen LogP contribution < -0.4 is 25.6 Å². The summed E-state index contributed by atoms with van der Waals surface area (Å²) < 4.78 is 54.5. The summed E-state index contributed by atoms with van der Waals surface area (Å²) in [6.07, 6.45) is -8.22. The summed E-state index contributed by atoms with van der Waals surface area (Å²) in [6, 6.07) is 14.5. The Morgan fingerprint density at radius 2 is 1.86 bits per heavy atom. The number of nitrogens with two attached hydrogens (primary N) is 1. The Kier molecular flexibility index (Phi) is 9.81. The van der Waals surface area contributed by atoms with Crippen molar-refractivity contribution in [2.45, 2.75) is 50.0 Å². The predicted octanol–water partition coefficient (Wildman–Crippen LogP) is 1.53. The third kappa shape index (κ3) is 6.89. The number of hydrogen-bond donors (Lipinski definition) is 3. The van der Waals surface area contributed by atoms with Crippen LogP contribution in [0.25, 0.3) is 0 Å². The number of alkyl halides is 2. The molecular formula is C26H27F2N4O9P. The molecule has 42 heavy (non-hydrogen) atoms. The highest BCUT2D eigenvalue weighted by Gasteiger charge is 2.61. The number of anilines is 1. The Hall–Kier alpha value is -4.01. The Morgan fingerprint density at radius 1 is 1.19 bits per heavy atom. The number of benzene rings is 2. The van der Waals surface area contributed by atoms with Crippen LogP contribution in [-0.2, 0) is 20.9 Å². The van der Waals surface area contributed by atoms with E-state index in [1.165, 1.54) is 37.3 Å². The monoisotopic (exact) mass is 608 g/mol. The topological polar surface area (TPSA) is 191 Å². The summed E-state index contributed by atoms with van der Waals surface area (Å²) in [5.41, 5.74) is 2.41. The van der Waals surface area contributed by atoms with Crippen LogP contribution in [0.1, 0.15) is 18.7 Å². The number of aliphatic hydroxyl groups excluding tert-OH is 2. The van der Waals surface area contributed by atoms with E-state index in [0.29, 0.717) is 4.57 Å². The molecule has 13 nitrogen and oxygen atoms in total. The highest BCUT2D eigenvalue weighted by molar-refractivity contribution is 7.34. The van der Waals surface area contributed by atoms with Gasteiger partial charge in [0, 0.05) is 6.20 Å². The lowest BCUT2D eigenvalue weighted by atomic mass is 9.96. The first-order valence-corrected chi connectivity index (χ1v) is 13.6. The van der Waals surface area contributed by atoms with Gasteiger partial charge in [-0.15, -0.1) is 0 Å². The minimum absolute atomic E-state index is 0.00725. The van der Waals surface area contributed by atoms with Crippen LogP contribution in [0.2, 0.25) is 0 Å². The zero-order valence-electron chi connectivity index (χ0n) is 22.0. The van der Waals surface area contributed by atoms with Gasteiger partial charge in [0.15, 0.2) is 23.6 Å². The molecule has 1 fully saturated rings. The molecule has 1 saturated heterocycles. The third-order valence-electron chi connectivity index (χ3n) is 6.26. The average Bonchev–Trinajstić information content (AvgIpc) is 3.22. The number of halogens is 2. The number of nitrogen functional groups attached to an aromatic ring is 1. The molecule has 6 atom stereocenters. The number of ether oxygens (including phenoxy) is 3. The molecule has 1 aliphatic heterocycles. The molecule has 0 amide bonds. The lowest BCUT2D eigenvalue weighted by molar-refractivity contribution is -0.192. The number of para-hydroxylation sites is 2. The zero-order valence-corrected chi connectivity index (χ0v) is 22.9. The minimum Gasteiger partial charge on any atom is -0.575 e. The van der Waals surface area contributed by atoms with E-state index in [9.17, 15) is 33.5 Å². The molecule has 3 aromatic rings. The Morgan fingerprint density at radius 3 is 2.52 bits per heavy atom. The number of aliphatic hydroxyl groups is 2. The van der Waals surface area contributed by atoms with Crippen molar-refractivity contribution in [3.05, 3.63) is 82.9 Å². The molecule has 2 aromatic carbocycles. The number of hydrogen-bond acceptors (Lipinski definition) is 12. The second-order valence-corrected chi connectivity index (χ2v) is 10.1. The smallest absolute Gasteiger partial charge is 0.395 e. The second-order valence-electron chi connectivity index (χ2n) is 9.19. The molecule has 1 aromatic heterocycles. The van der Waals surface area contributed by atoms with E-state index < -0.39 is 62.9 Å². The van der Waals surface area contributed by atoms with Gasteiger partial charge in [-0.1, -0.05) is 47.2 Å². The standard InChI is InChI=1S/C26H27F2N4O9P/c1-15(23(35)38-13-16-7-3-2-4-8-16)31-42(37)41-18-10-6-5-9-17(18)39-14-26(24(27)28)21(34)20(33)22(40-26)32-12-11-19(29)30-25(32)36/h2-12,15,20-22,24,33-34H,13-14H2,1H3,(H2,29,30,36)/t15-,20+,21-,22+,26+/m0/s1. The number of aromatic nitrogens is 2. The van der Waals surface area contributed by atoms with Crippen molar-refractivity contribution in [1.29, 1.82) is 0 Å². The van der Waals surface area contributed by atoms with Crippen LogP contribution in [0, 0.1) is 0 Å². The predicted molar refractivity (Wildman–Crippen MR) is 141 cm³/mol. The van der Waals surface area contributed by atoms with Crippen LogP contribution in [0.15, 0.2) is 76.4 Å². The molecule has 4 rings (SSSR count). The zero-order chi connectivity index (χ0) is 30.4. The lowest BCUT2D eigenvalue weighted by Crippen LogP contribution is -2.53. The summed E-state index contributed by atoms with van der Waals surface area (Å²) in [5, 5.41) is 21.1. The molecule has 0 saturated carbocycles. The lowest BCUT2D eigenvalue weighted by Gasteiger charge is -2.30. The largest absolute Gasteiger partial charge is 0.575 e. The molecule has 1 unspecified atom stereocenters. The molecular weight excluding hydrogens is 581 g/mol. The summed E-state index contributed by atoms with van der Waals surface area (Å²) >= 11 is 0. The van der Waals surface area contributed by atoms with Crippen molar-refractivity contribution >= 4 is 20.0 Å². The average molecular weight is 608 g/mol. The van der Waals surface area contributed by atoms with Gasteiger partial charge >= 0.3 is 19.8 Å². The fraction of sp³-hybridized carbons (Fsp3) is 0.346. The van der Waals surface area contributed by atoms with Crippen molar-refractivity contribution in [1.82, 2.24) is 9.55 Å². The van der Waals surface area contributed by atoms with Gasteiger partial charge in [0.25, 0.3) is 6.43 Å². The van der Waals surface area contributed by atoms with Gasteiger partial charge in [0.05, 0.1) is 0 Å². The van der Waals surface area contributed by atoms with Crippen molar-refractivity contribution in [2.75, 3.05) is 12.3 Å². The SMILES string of the molecule is C[C@H](N=[P+]([O-])Oc1ccccc1OC[C@@]1(C(F)F)O[C@@H](n2ccc(N)nc2=O)[C@H](O)[C@@H]1O)C(=O)OCc1ccccc1. The van der Waals surface area contributed by atoms with Gasteiger partial charge in [-0.3, -0.25) is 9.09 Å². The number of rotatable bonds is 11. The van der Waals surface area contributed by atoms with E-state index in [4.69, 9.17) is 24.5 Å². The van der Waals surface area contributed by atoms with E-state index in [-0.39, 0.29) is 23.9 Å². The van der Waals surface area contributed by atoms with Crippen molar-refractivity contribution in [3.8, 4) is 11.5 Å². The number of esters is 1. The maximum Gasteiger partial charge on any atom is 0.395 e. The quantitative estimate of drug-likeness (QED) is 0.211. The first-order valence-electron chi connectivity index (χ1n) is 12.5. The van der Waals surface area contributed by atoms with Gasteiger partial charge < -0.3 is 35.1 Å². The van der Waals surface area contributed by atoms with E-state index in [0.717, 1.165) is 11.8 Å². The fourth-order valence-corrected chi connectivity index (χ4v) is 4.74. The summed E-state index contributed by atoms with van der Waals surface area (Å²) in [4.78, 5) is 40.5. The Labute approximate surface area is 238 Å². The van der Waals surface area contributed by atoms with Gasteiger partial charge in [-0.05, 0) is 30.7 Å². The van der Waals surface area contributed by atoms with Crippen LogP contribution in [0.3, 0.4) is 0 Å². The van der Waals surface area contributed by atoms with E-state index in [2.05, 4.69) is 9.73 Å². The normalized spacial score (nSPS) is 23.0. The number of carbonyl (C=O) groups is 1. The van der Waals surface area contributed by atoms with Gasteiger partial charge in [0.2, 0.25) is 5.75 Å². The highest BCUT2D eigenvalue weighted by atomic mass is 31.1. The van der Waals surface area contributed by atoms with Gasteiger partial charge in [-0.2, -0.15) is 4.98 Å². The molecule has 0 bridgehead atoms. The molecule has 4 N–H and O–H groups in total. The third-order valence-corrected chi connectivity index (χ3v) is 7.15. The summed E-state index contributed by atoms with van der Waals surface area (Å²) in [5.74, 6) is -1.26. The van der Waals surface area contributed by atoms with Crippen LogP contribution in [-0.4, -0.2) is 62.6 Å². The molecule has 224 valence electrons. The van der Waals surface area contributed by atoms with Crippen molar-refractivity contribution < 1.29 is 47.4 Å². The van der Waals surface area contributed by atoms with E-state index in [1.807, 2.05) is 6.07 Å². The second kappa shape index (κ2) is 13.3. The van der Waals surface area contributed by atoms with Crippen molar-refractivity contribution in [3.63, 3.8) is 0 Å². The van der Waals surface area contributed by atoms with E-state index >= 15 is 0 Å². The Balaban J connectivity index is 1.45. The van der Waals surface area contributed by atoms with Crippen LogP contribution in [0.4, 0.5) is 14.6 Å². The molecule has 0 spiro atoms. The summed E-state index contributed by atoms with van der Waals surface area (Å²) in [7, 11) is -2.85. The fourth-order valence-electron chi connectivity index (χ4n) is 3.99. The highest BCUT2D eigenvalue weighted by Crippen LogP contribution is 2.42. The first kappa shape index (κ1) is 30.9. The molecule has 2 heterocycles. The van der Waals surface area contributed by atoms with Gasteiger partial charge in [0.1, 0.15) is 31.2 Å². The molecule has 16 heteroatoms. The molecule has 0 aliphatic carbocycles. The maximum atomic E-state index is 14.3. The Bertz CT molecular complexity index is 1480. The van der Waals surface area contributed by atoms with Crippen molar-refractivity contribution in [2.24, 2.45) is 4.74 Å². The number of carbonyl (C=O) groups excluding carboxylic acids is 1. The first-order chi connectivity index (χ1) is 20.0. The van der Waals surface area contributed by atoms with Crippen LogP contribution >= 0.6 is 8.17 Å². The maximum absolute atomic E-state index is 14.3.